The van der Waals surface area contributed by atoms with Crippen molar-refractivity contribution in [3.05, 3.63) is 5.82 Å². The minimum Gasteiger partial charge on any atom is -0.367 e. The van der Waals surface area contributed by atoms with Gasteiger partial charge in [0.05, 0.1) is 0 Å². The molecule has 1 aromatic rings. The molecule has 2 rings (SSSR count). The van der Waals surface area contributed by atoms with Gasteiger partial charge < -0.3 is 14.6 Å². The molecule has 1 heterocycles. The first-order valence-electron chi connectivity index (χ1n) is 7.92. The number of ether oxygens (including phenoxy) is 1. The summed E-state index contributed by atoms with van der Waals surface area (Å²) in [6, 6.07) is 0.474. The van der Waals surface area contributed by atoms with Crippen LogP contribution < -0.4 is 5.32 Å². The minimum absolute atomic E-state index is 0.100. The van der Waals surface area contributed by atoms with E-state index in [0.29, 0.717) is 23.9 Å². The van der Waals surface area contributed by atoms with Crippen LogP contribution in [-0.4, -0.2) is 22.3 Å². The van der Waals surface area contributed by atoms with Crippen molar-refractivity contribution >= 4 is 6.01 Å². The molecule has 1 fully saturated rings. The van der Waals surface area contributed by atoms with E-state index in [9.17, 15) is 0 Å². The van der Waals surface area contributed by atoms with Crippen molar-refractivity contribution in [2.75, 3.05) is 11.9 Å². The molecule has 1 aliphatic rings. The molecule has 5 heteroatoms. The molecule has 120 valence electrons. The van der Waals surface area contributed by atoms with Crippen molar-refractivity contribution in [2.24, 2.45) is 5.41 Å². The fourth-order valence-corrected chi connectivity index (χ4v) is 2.82. The van der Waals surface area contributed by atoms with Gasteiger partial charge in [-0.1, -0.05) is 19.0 Å². The maximum atomic E-state index is 6.08. The Hall–Kier alpha value is -1.10. The molecule has 0 unspecified atom stereocenters. The Labute approximate surface area is 127 Å². The van der Waals surface area contributed by atoms with Crippen LogP contribution in [0.5, 0.6) is 0 Å². The lowest BCUT2D eigenvalue weighted by molar-refractivity contribution is -0.0957. The fourth-order valence-electron chi connectivity index (χ4n) is 2.82. The molecular weight excluding hydrogens is 266 g/mol. The Bertz CT molecular complexity index is 464. The highest BCUT2D eigenvalue weighted by atomic mass is 16.5. The monoisotopic (exact) mass is 295 g/mol. The van der Waals surface area contributed by atoms with Crippen molar-refractivity contribution in [1.82, 2.24) is 10.1 Å². The van der Waals surface area contributed by atoms with E-state index in [1.54, 1.807) is 0 Å². The zero-order chi connectivity index (χ0) is 15.7. The number of nitrogens with zero attached hydrogens (tertiary/aromatic N) is 2. The predicted molar refractivity (Wildman–Crippen MR) is 83.2 cm³/mol. The first kappa shape index (κ1) is 16.3. The molecule has 0 atom stereocenters. The first-order valence-corrected chi connectivity index (χ1v) is 7.92. The number of hydrogen-bond donors (Lipinski definition) is 1. The van der Waals surface area contributed by atoms with E-state index in [1.807, 2.05) is 6.92 Å². The van der Waals surface area contributed by atoms with E-state index >= 15 is 0 Å². The summed E-state index contributed by atoms with van der Waals surface area (Å²) in [4.78, 5) is 4.54. The van der Waals surface area contributed by atoms with E-state index in [4.69, 9.17) is 9.26 Å². The quantitative estimate of drug-likeness (QED) is 0.905. The maximum absolute atomic E-state index is 6.08. The minimum atomic E-state index is -0.383. The van der Waals surface area contributed by atoms with Gasteiger partial charge in [0.2, 0.25) is 5.82 Å². The Morgan fingerprint density at radius 1 is 1.19 bits per heavy atom. The third-order valence-corrected chi connectivity index (χ3v) is 4.15. The molecule has 0 saturated heterocycles. The lowest BCUT2D eigenvalue weighted by Gasteiger charge is -2.41. The summed E-state index contributed by atoms with van der Waals surface area (Å²) in [6.07, 6.45) is 4.12. The standard InChI is InChI=1S/C16H29N3O2/c1-7-20-16(10-8-15(5,6)9-11-16)12-17-13(21-19-12)18-14(2,3)4/h7-11H2,1-6H3,(H,17,18,19). The Kier molecular flexibility index (Phi) is 4.34. The fraction of sp³-hybridized carbons (Fsp3) is 0.875. The van der Waals surface area contributed by atoms with Crippen LogP contribution in [-0.2, 0) is 10.3 Å². The van der Waals surface area contributed by atoms with Crippen LogP contribution in [0.4, 0.5) is 6.01 Å². The molecule has 1 saturated carbocycles. The first-order chi connectivity index (χ1) is 9.66. The number of aromatic nitrogens is 2. The zero-order valence-electron chi connectivity index (χ0n) is 14.2. The second-order valence-corrected chi connectivity index (χ2v) is 7.89. The van der Waals surface area contributed by atoms with E-state index < -0.39 is 0 Å². The van der Waals surface area contributed by atoms with Gasteiger partial charge in [0.15, 0.2) is 0 Å². The summed E-state index contributed by atoms with van der Waals surface area (Å²) < 4.78 is 11.4. The summed E-state index contributed by atoms with van der Waals surface area (Å²) in [5.41, 5.74) is -0.112. The van der Waals surface area contributed by atoms with Crippen molar-refractivity contribution in [3.8, 4) is 0 Å². The van der Waals surface area contributed by atoms with Gasteiger partial charge in [0.1, 0.15) is 5.60 Å². The second-order valence-electron chi connectivity index (χ2n) is 7.89. The van der Waals surface area contributed by atoms with Crippen LogP contribution in [0.15, 0.2) is 4.52 Å². The molecule has 0 bridgehead atoms. The highest BCUT2D eigenvalue weighted by Crippen LogP contribution is 2.46. The van der Waals surface area contributed by atoms with Crippen LogP contribution in [0.3, 0.4) is 0 Å². The highest BCUT2D eigenvalue weighted by Gasteiger charge is 2.44. The summed E-state index contributed by atoms with van der Waals surface area (Å²) in [5, 5.41) is 7.41. The van der Waals surface area contributed by atoms with Crippen molar-refractivity contribution in [2.45, 2.75) is 78.4 Å². The average molecular weight is 295 g/mol. The van der Waals surface area contributed by atoms with Crippen LogP contribution in [0.2, 0.25) is 0 Å². The van der Waals surface area contributed by atoms with Gasteiger partial charge >= 0.3 is 6.01 Å². The van der Waals surface area contributed by atoms with Gasteiger partial charge in [-0.05, 0) is 58.8 Å². The molecule has 0 spiro atoms. The van der Waals surface area contributed by atoms with Crippen LogP contribution in [0, 0.1) is 5.41 Å². The van der Waals surface area contributed by atoms with Gasteiger partial charge in [-0.3, -0.25) is 0 Å². The molecule has 1 aliphatic carbocycles. The Balaban J connectivity index is 2.19. The summed E-state index contributed by atoms with van der Waals surface area (Å²) in [7, 11) is 0. The number of anilines is 1. The molecule has 1 aromatic heterocycles. The molecule has 0 aliphatic heterocycles. The lowest BCUT2D eigenvalue weighted by atomic mass is 9.70. The molecule has 0 radical (unpaired) electrons. The van der Waals surface area contributed by atoms with Crippen molar-refractivity contribution < 1.29 is 9.26 Å². The largest absolute Gasteiger partial charge is 0.367 e. The molecular formula is C16H29N3O2. The lowest BCUT2D eigenvalue weighted by Crippen LogP contribution is -2.38. The van der Waals surface area contributed by atoms with E-state index in [0.717, 1.165) is 25.7 Å². The molecule has 1 N–H and O–H groups in total. The van der Waals surface area contributed by atoms with Crippen LogP contribution in [0.25, 0.3) is 0 Å². The third kappa shape index (κ3) is 3.96. The molecule has 0 amide bonds. The van der Waals surface area contributed by atoms with Gasteiger partial charge in [-0.2, -0.15) is 4.98 Å². The predicted octanol–water partition coefficient (Wildman–Crippen LogP) is 4.11. The molecule has 0 aromatic carbocycles. The normalized spacial score (nSPS) is 21.2. The number of rotatable bonds is 4. The summed E-state index contributed by atoms with van der Waals surface area (Å²) in [6.45, 7) is 13.5. The van der Waals surface area contributed by atoms with Gasteiger partial charge in [-0.15, -0.1) is 0 Å². The number of hydrogen-bond acceptors (Lipinski definition) is 5. The van der Waals surface area contributed by atoms with Crippen molar-refractivity contribution in [3.63, 3.8) is 0 Å². The van der Waals surface area contributed by atoms with Gasteiger partial charge in [0, 0.05) is 12.1 Å². The Morgan fingerprint density at radius 3 is 2.33 bits per heavy atom. The highest BCUT2D eigenvalue weighted by molar-refractivity contribution is 5.24. The smallest absolute Gasteiger partial charge is 0.321 e. The average Bonchev–Trinajstić information content (AvgIpc) is 2.79. The molecule has 5 nitrogen and oxygen atoms in total. The second kappa shape index (κ2) is 5.59. The van der Waals surface area contributed by atoms with E-state index in [-0.39, 0.29) is 11.1 Å². The van der Waals surface area contributed by atoms with Gasteiger partial charge in [-0.25, -0.2) is 0 Å². The third-order valence-electron chi connectivity index (χ3n) is 4.15. The van der Waals surface area contributed by atoms with Crippen molar-refractivity contribution in [1.29, 1.82) is 0 Å². The topological polar surface area (TPSA) is 60.2 Å². The summed E-state index contributed by atoms with van der Waals surface area (Å²) in [5.74, 6) is 0.687. The number of nitrogens with one attached hydrogen (secondary N) is 1. The van der Waals surface area contributed by atoms with Crippen LogP contribution in [0.1, 0.15) is 73.1 Å². The van der Waals surface area contributed by atoms with E-state index in [2.05, 4.69) is 50.1 Å². The summed E-state index contributed by atoms with van der Waals surface area (Å²) >= 11 is 0. The van der Waals surface area contributed by atoms with Gasteiger partial charge in [0.25, 0.3) is 0 Å². The Morgan fingerprint density at radius 2 is 1.81 bits per heavy atom. The maximum Gasteiger partial charge on any atom is 0.321 e. The molecule has 21 heavy (non-hydrogen) atoms. The zero-order valence-corrected chi connectivity index (χ0v) is 14.2. The van der Waals surface area contributed by atoms with Crippen LogP contribution >= 0.6 is 0 Å². The van der Waals surface area contributed by atoms with E-state index in [1.165, 1.54) is 0 Å². The SMILES string of the molecule is CCOC1(c2noc(NC(C)(C)C)n2)CCC(C)(C)CC1.